The maximum atomic E-state index is 14.9. The number of imide groups is 2. The first kappa shape index (κ1) is 43.2. The van der Waals surface area contributed by atoms with E-state index in [0.717, 1.165) is 18.9 Å². The first-order valence-electron chi connectivity index (χ1n) is 24.6. The number of hydrogen-bond donors (Lipinski definition) is 1. The van der Waals surface area contributed by atoms with Crippen LogP contribution in [0.2, 0.25) is 0 Å². The summed E-state index contributed by atoms with van der Waals surface area (Å²) in [6.07, 6.45) is 5.15. The highest BCUT2D eigenvalue weighted by atomic mass is 16.2. The molecule has 21 rings (SSSR count). The van der Waals surface area contributed by atoms with Crippen LogP contribution in [-0.4, -0.2) is 77.9 Å². The van der Waals surface area contributed by atoms with Gasteiger partial charge in [0.05, 0.1) is 50.7 Å². The molecule has 18 bridgehead atoms. The van der Waals surface area contributed by atoms with Crippen molar-refractivity contribution >= 4 is 79.2 Å². The van der Waals surface area contributed by atoms with E-state index in [9.17, 15) is 57.5 Å². The van der Waals surface area contributed by atoms with E-state index in [1.165, 1.54) is 48.5 Å². The second-order valence-corrected chi connectivity index (χ2v) is 20.6. The highest BCUT2D eigenvalue weighted by molar-refractivity contribution is 6.32. The molecule has 17 heteroatoms. The number of carbonyl (C=O) groups is 8. The van der Waals surface area contributed by atoms with Crippen LogP contribution < -0.4 is 28.0 Å². The van der Waals surface area contributed by atoms with Crippen LogP contribution >= 0.6 is 0 Å². The summed E-state index contributed by atoms with van der Waals surface area (Å²) in [6.45, 7) is 0. The summed E-state index contributed by atoms with van der Waals surface area (Å²) in [7, 11) is 0. The topological polar surface area (TPSA) is 247 Å². The Kier molecular flexibility index (Phi) is 9.19. The fraction of sp³-hybridized carbons (Fsp3) is 0.370. The van der Waals surface area contributed by atoms with Gasteiger partial charge in [-0.2, -0.15) is 0 Å². The van der Waals surface area contributed by atoms with E-state index in [1.54, 1.807) is 0 Å². The van der Waals surface area contributed by atoms with Gasteiger partial charge in [0.15, 0.2) is 17.3 Å². The third-order valence-electron chi connectivity index (χ3n) is 17.3. The first-order chi connectivity index (χ1) is 34.2. The van der Waals surface area contributed by atoms with Crippen LogP contribution in [0.1, 0.15) is 178 Å². The Morgan fingerprint density at radius 3 is 1.44 bits per heavy atom. The molecule has 71 heavy (non-hydrogen) atoms. The molecular formula is C54H43N5O12. The van der Waals surface area contributed by atoms with Crippen molar-refractivity contribution in [3.05, 3.63) is 134 Å². The van der Waals surface area contributed by atoms with Crippen molar-refractivity contribution in [1.82, 2.24) is 18.9 Å². The summed E-state index contributed by atoms with van der Waals surface area (Å²) >= 11 is 0. The average Bonchev–Trinajstić information content (AvgIpc) is 3.96. The van der Waals surface area contributed by atoms with E-state index < -0.39 is 111 Å². The lowest BCUT2D eigenvalue weighted by Crippen LogP contribution is -2.53. The Labute approximate surface area is 400 Å². The van der Waals surface area contributed by atoms with Gasteiger partial charge in [-0.1, -0.05) is 38.5 Å². The lowest BCUT2D eigenvalue weighted by atomic mass is 9.73. The minimum absolute atomic E-state index is 0.00467. The van der Waals surface area contributed by atoms with Gasteiger partial charge in [0, 0.05) is 62.7 Å². The average molecular weight is 954 g/mol. The summed E-state index contributed by atoms with van der Waals surface area (Å²) in [5.41, 5.74) is 2.57. The van der Waals surface area contributed by atoms with Gasteiger partial charge in [-0.25, -0.2) is 0 Å². The lowest BCUT2D eigenvalue weighted by Gasteiger charge is -2.42. The number of hydrogen-bond acceptors (Lipinski definition) is 12. The SMILES string of the molecule is NC(=O)c1ccc2c3c4ccc(c13)C(=O)C[C@@H]1CCCC[C@H]1n1c(=O)c3cc5c(=O)n(c(=O)c5cc3c1=O)[C@@H]1CCCC[C@H]1N1C(=O)c3cc5c(cc3C1=O)C(=O)C(C5=O)C1CCCC[C@H]1N(C2=O)C4=O. The third-order valence-corrected chi connectivity index (χ3v) is 17.3. The quantitative estimate of drug-likeness (QED) is 0.167. The predicted octanol–water partition coefficient (Wildman–Crippen LogP) is 5.11. The van der Waals surface area contributed by atoms with Crippen LogP contribution in [0.5, 0.6) is 0 Å². The fourth-order valence-electron chi connectivity index (χ4n) is 14.1. The zero-order chi connectivity index (χ0) is 49.2. The molecule has 356 valence electrons. The number of rotatable bonds is 1. The molecule has 3 saturated carbocycles. The van der Waals surface area contributed by atoms with E-state index in [1.807, 2.05) is 0 Å². The number of nitrogens with two attached hydrogens (primary N) is 1. The molecule has 6 aromatic rings. The predicted molar refractivity (Wildman–Crippen MR) is 254 cm³/mol. The van der Waals surface area contributed by atoms with Crippen molar-refractivity contribution in [2.45, 2.75) is 108 Å². The van der Waals surface area contributed by atoms with Crippen LogP contribution in [-0.2, 0) is 0 Å². The Bertz CT molecular complexity index is 3680. The van der Waals surface area contributed by atoms with Crippen molar-refractivity contribution < 1.29 is 38.4 Å². The summed E-state index contributed by atoms with van der Waals surface area (Å²) < 4.78 is 2.14. The molecule has 0 spiro atoms. The zero-order valence-corrected chi connectivity index (χ0v) is 38.1. The van der Waals surface area contributed by atoms with Crippen LogP contribution in [0.4, 0.5) is 0 Å². The maximum Gasteiger partial charge on any atom is 0.261 e. The van der Waals surface area contributed by atoms with Crippen LogP contribution in [0, 0.1) is 17.8 Å². The van der Waals surface area contributed by atoms with E-state index in [0.29, 0.717) is 57.8 Å². The van der Waals surface area contributed by atoms with Gasteiger partial charge >= 0.3 is 0 Å². The van der Waals surface area contributed by atoms with Gasteiger partial charge in [0.2, 0.25) is 5.91 Å². The molecule has 6 atom stereocenters. The number of aromatic nitrogens is 2. The standard InChI is InChI=1S/C54H43N5O12/c55-46(63)25-14-16-27-42-26-15-13-24(41(25)42)40(60)17-22-7-1-3-9-36(22)56-49(66)32-20-34-35(21-33(32)50(56)67)54(71)59(53(34)70)39-12-6-5-11-38(39)58-51(68)30-18-28-29(19-31(30)52(58)69)45(62)43(44(28)61)23-8-2-4-10-37(23)57(47(26)64)48(27)65/h13-16,18-23,36-39,43H,1-12,17H2,(H2,55,63)/t22-,23?,36+,37+,38+,39+/m0/s1. The number of carbonyl (C=O) groups excluding carboxylic acids is 8. The van der Waals surface area contributed by atoms with Gasteiger partial charge in [-0.05, 0) is 98.9 Å². The van der Waals surface area contributed by atoms with Crippen molar-refractivity contribution in [3.63, 3.8) is 0 Å². The van der Waals surface area contributed by atoms with E-state index in [2.05, 4.69) is 0 Å². The largest absolute Gasteiger partial charge is 0.366 e. The number of primary amides is 1. The number of benzene rings is 4. The number of Topliss-reactive ketones (excluding diaryl/α,β-unsaturated/α-hetero) is 3. The second kappa shape index (κ2) is 15.1. The molecule has 2 N–H and O–H groups in total. The maximum absolute atomic E-state index is 14.9. The molecule has 0 saturated heterocycles. The Morgan fingerprint density at radius 2 is 0.873 bits per heavy atom. The molecule has 5 amide bonds. The van der Waals surface area contributed by atoms with Crippen molar-refractivity contribution in [3.8, 4) is 0 Å². The Balaban J connectivity index is 1.02. The molecule has 3 fully saturated rings. The van der Waals surface area contributed by atoms with Crippen molar-refractivity contribution in [2.24, 2.45) is 23.5 Å². The van der Waals surface area contributed by atoms with E-state index >= 15 is 0 Å². The molecule has 13 heterocycles. The highest BCUT2D eigenvalue weighted by Gasteiger charge is 2.53. The number of amides is 5. The van der Waals surface area contributed by atoms with Crippen molar-refractivity contribution in [2.75, 3.05) is 0 Å². The van der Waals surface area contributed by atoms with Gasteiger partial charge < -0.3 is 5.73 Å². The third kappa shape index (κ3) is 5.68. The Hall–Kier alpha value is -7.82. The minimum atomic E-state index is -1.35. The molecule has 11 aliphatic heterocycles. The summed E-state index contributed by atoms with van der Waals surface area (Å²) in [5.74, 6) is -8.41. The molecular weight excluding hydrogens is 911 g/mol. The van der Waals surface area contributed by atoms with Gasteiger partial charge in [0.25, 0.3) is 45.9 Å². The molecule has 17 nitrogen and oxygen atoms in total. The van der Waals surface area contributed by atoms with E-state index in [-0.39, 0.29) is 103 Å². The molecule has 15 aliphatic rings. The normalized spacial score (nSPS) is 26.2. The zero-order valence-electron chi connectivity index (χ0n) is 38.1. The molecule has 4 aromatic carbocycles. The van der Waals surface area contributed by atoms with Crippen molar-refractivity contribution in [1.29, 1.82) is 0 Å². The number of nitrogens with zero attached hydrogens (tertiary/aromatic N) is 4. The van der Waals surface area contributed by atoms with Crippen LogP contribution in [0.3, 0.4) is 0 Å². The smallest absolute Gasteiger partial charge is 0.261 e. The van der Waals surface area contributed by atoms with Crippen LogP contribution in [0.25, 0.3) is 32.3 Å². The van der Waals surface area contributed by atoms with Gasteiger partial charge in [0.1, 0.15) is 0 Å². The molecule has 1 unspecified atom stereocenters. The molecule has 2 aromatic heterocycles. The van der Waals surface area contributed by atoms with Gasteiger partial charge in [-0.15, -0.1) is 0 Å². The second-order valence-electron chi connectivity index (χ2n) is 20.6. The molecule has 4 aliphatic carbocycles. The Morgan fingerprint density at radius 1 is 0.437 bits per heavy atom. The lowest BCUT2D eigenvalue weighted by molar-refractivity contribution is 0.0339. The first-order valence-corrected chi connectivity index (χ1v) is 24.6. The number of ketones is 3. The summed E-state index contributed by atoms with van der Waals surface area (Å²) in [4.78, 5) is 176. The van der Waals surface area contributed by atoms with Crippen LogP contribution in [0.15, 0.2) is 67.7 Å². The van der Waals surface area contributed by atoms with Gasteiger partial charge in [-0.3, -0.25) is 76.5 Å². The monoisotopic (exact) mass is 953 g/mol. The highest BCUT2D eigenvalue weighted by Crippen LogP contribution is 2.46. The van der Waals surface area contributed by atoms with E-state index in [4.69, 9.17) is 5.73 Å². The fourth-order valence-corrected chi connectivity index (χ4v) is 14.1. The minimum Gasteiger partial charge on any atom is -0.366 e. The summed E-state index contributed by atoms with van der Waals surface area (Å²) in [5, 5.41) is -0.332. The molecule has 0 radical (unpaired) electrons. The summed E-state index contributed by atoms with van der Waals surface area (Å²) in [6, 6.07) is 6.88.